The van der Waals surface area contributed by atoms with Crippen molar-refractivity contribution in [3.05, 3.63) is 82.8 Å². The van der Waals surface area contributed by atoms with E-state index in [1.807, 2.05) is 92.6 Å². The van der Waals surface area contributed by atoms with Crippen molar-refractivity contribution in [3.8, 4) is 5.75 Å². The molecule has 0 fully saturated rings. The van der Waals surface area contributed by atoms with E-state index in [1.165, 1.54) is 0 Å². The first-order valence-corrected chi connectivity index (χ1v) is 11.7. The van der Waals surface area contributed by atoms with Crippen LogP contribution in [0.3, 0.4) is 0 Å². The highest BCUT2D eigenvalue weighted by atomic mass is 79.9. The molecule has 1 heterocycles. The van der Waals surface area contributed by atoms with Gasteiger partial charge in [-0.3, -0.25) is 4.79 Å². The fraction of sp³-hybridized carbons (Fsp3) is 0.231. The number of hydrogen-bond acceptors (Lipinski definition) is 6. The average molecular weight is 507 g/mol. The molecule has 33 heavy (non-hydrogen) atoms. The van der Waals surface area contributed by atoms with E-state index >= 15 is 0 Å². The minimum atomic E-state index is -0.590. The van der Waals surface area contributed by atoms with Crippen LogP contribution in [0.5, 0.6) is 5.75 Å². The van der Waals surface area contributed by atoms with Gasteiger partial charge in [-0.2, -0.15) is 5.10 Å². The Kier molecular flexibility index (Phi) is 6.99. The van der Waals surface area contributed by atoms with Crippen molar-refractivity contribution in [2.75, 3.05) is 42.1 Å². The molecule has 1 aliphatic heterocycles. The van der Waals surface area contributed by atoms with Gasteiger partial charge in [-0.25, -0.2) is 5.01 Å². The second-order valence-electron chi connectivity index (χ2n) is 7.84. The van der Waals surface area contributed by atoms with Crippen LogP contribution in [0, 0.1) is 0 Å². The highest BCUT2D eigenvalue weighted by molar-refractivity contribution is 9.10. The van der Waals surface area contributed by atoms with Crippen LogP contribution < -0.4 is 19.5 Å². The van der Waals surface area contributed by atoms with E-state index in [9.17, 15) is 4.79 Å². The quantitative estimate of drug-likeness (QED) is 0.413. The lowest BCUT2D eigenvalue weighted by atomic mass is 10.0. The lowest BCUT2D eigenvalue weighted by molar-refractivity contribution is -0.109. The van der Waals surface area contributed by atoms with Crippen LogP contribution >= 0.6 is 15.9 Å². The van der Waals surface area contributed by atoms with Crippen molar-refractivity contribution in [1.29, 1.82) is 0 Å². The molecule has 0 spiro atoms. The van der Waals surface area contributed by atoms with Gasteiger partial charge in [0.2, 0.25) is 0 Å². The van der Waals surface area contributed by atoms with E-state index in [2.05, 4.69) is 26.9 Å². The maximum absolute atomic E-state index is 12.4. The van der Waals surface area contributed by atoms with Gasteiger partial charge in [0.05, 0.1) is 30.2 Å². The van der Waals surface area contributed by atoms with E-state index in [1.54, 1.807) is 5.01 Å². The Morgan fingerprint density at radius 2 is 1.79 bits per heavy atom. The lowest BCUT2D eigenvalue weighted by Crippen LogP contribution is -2.54. The summed E-state index contributed by atoms with van der Waals surface area (Å²) in [7, 11) is 4.00. The Morgan fingerprint density at radius 1 is 1.06 bits per heavy atom. The number of benzene rings is 3. The molecule has 4 rings (SSSR count). The number of anilines is 3. The molecule has 0 radical (unpaired) electrons. The fourth-order valence-corrected chi connectivity index (χ4v) is 4.53. The number of hydrazone groups is 1. The lowest BCUT2D eigenvalue weighted by Gasteiger charge is -2.41. The zero-order valence-electron chi connectivity index (χ0n) is 19.0. The smallest absolute Gasteiger partial charge is 0.180 e. The number of hydrogen-bond donors (Lipinski definition) is 0. The first-order chi connectivity index (χ1) is 16.0. The summed E-state index contributed by atoms with van der Waals surface area (Å²) in [6, 6.07) is 23.8. The third-order valence-corrected chi connectivity index (χ3v) is 6.15. The van der Waals surface area contributed by atoms with Crippen LogP contribution in [0.15, 0.2) is 82.4 Å². The highest BCUT2D eigenvalue weighted by Gasteiger charge is 2.34. The molecule has 0 amide bonds. The van der Waals surface area contributed by atoms with E-state index in [4.69, 9.17) is 9.84 Å². The van der Waals surface area contributed by atoms with E-state index in [0.29, 0.717) is 13.2 Å². The number of carbonyl (C=O) groups excluding carboxylic acids is 1. The minimum Gasteiger partial charge on any atom is -0.492 e. The normalized spacial score (nSPS) is 15.8. The summed E-state index contributed by atoms with van der Waals surface area (Å²) in [6.07, 6.45) is 0.351. The summed E-state index contributed by atoms with van der Waals surface area (Å²) in [5.74, 6) is 0.805. The first-order valence-electron chi connectivity index (χ1n) is 10.9. The Morgan fingerprint density at radius 3 is 2.45 bits per heavy atom. The van der Waals surface area contributed by atoms with Gasteiger partial charge in [-0.1, -0.05) is 42.5 Å². The predicted molar refractivity (Wildman–Crippen MR) is 139 cm³/mol. The second-order valence-corrected chi connectivity index (χ2v) is 8.69. The minimum absolute atomic E-state index is 0.477. The summed E-state index contributed by atoms with van der Waals surface area (Å²) in [5.41, 5.74) is 4.54. The summed E-state index contributed by atoms with van der Waals surface area (Å²) in [4.78, 5) is 16.5. The summed E-state index contributed by atoms with van der Waals surface area (Å²) in [5, 5.41) is 6.81. The van der Waals surface area contributed by atoms with Gasteiger partial charge < -0.3 is 14.5 Å². The van der Waals surface area contributed by atoms with Gasteiger partial charge in [-0.05, 0) is 53.2 Å². The third kappa shape index (κ3) is 4.59. The molecule has 1 aliphatic rings. The van der Waals surface area contributed by atoms with Crippen LogP contribution in [0.1, 0.15) is 12.5 Å². The van der Waals surface area contributed by atoms with Gasteiger partial charge in [0, 0.05) is 29.8 Å². The number of aldehydes is 1. The fourth-order valence-electron chi connectivity index (χ4n) is 4.06. The SMILES string of the molecule is CCOc1cccc(C2=NN(c3ccccc3Br)C(C=O)N(c3ccccc3)C2)c1N(C)C. The summed E-state index contributed by atoms with van der Waals surface area (Å²) in [6.45, 7) is 3.03. The molecule has 7 heteroatoms. The molecule has 0 aromatic heterocycles. The molecule has 0 saturated heterocycles. The monoisotopic (exact) mass is 506 g/mol. The predicted octanol–water partition coefficient (Wildman–Crippen LogP) is 5.17. The number of carbonyl (C=O) groups is 1. The van der Waals surface area contributed by atoms with Crippen molar-refractivity contribution in [3.63, 3.8) is 0 Å². The molecule has 0 aliphatic carbocycles. The largest absolute Gasteiger partial charge is 0.492 e. The molecule has 1 unspecified atom stereocenters. The van der Waals surface area contributed by atoms with Gasteiger partial charge in [-0.15, -0.1) is 0 Å². The van der Waals surface area contributed by atoms with E-state index in [0.717, 1.165) is 44.8 Å². The Labute approximate surface area is 203 Å². The maximum atomic E-state index is 12.4. The van der Waals surface area contributed by atoms with E-state index in [-0.39, 0.29) is 0 Å². The number of ether oxygens (including phenoxy) is 1. The van der Waals surface area contributed by atoms with Crippen molar-refractivity contribution >= 4 is 45.0 Å². The molecule has 3 aromatic rings. The third-order valence-electron chi connectivity index (χ3n) is 5.48. The van der Waals surface area contributed by atoms with Crippen LogP contribution in [-0.2, 0) is 4.79 Å². The van der Waals surface area contributed by atoms with Crippen LogP contribution in [0.25, 0.3) is 0 Å². The molecular weight excluding hydrogens is 480 g/mol. The Bertz CT molecular complexity index is 1150. The van der Waals surface area contributed by atoms with Crippen molar-refractivity contribution in [1.82, 2.24) is 0 Å². The van der Waals surface area contributed by atoms with Crippen LogP contribution in [0.2, 0.25) is 0 Å². The molecular formula is C26H27BrN4O2. The highest BCUT2D eigenvalue weighted by Crippen LogP contribution is 2.36. The van der Waals surface area contributed by atoms with Crippen LogP contribution in [-0.4, -0.2) is 45.4 Å². The first kappa shape index (κ1) is 22.9. The molecule has 6 nitrogen and oxygen atoms in total. The molecule has 3 aromatic carbocycles. The standard InChI is InChI=1S/C26H27BrN4O2/c1-4-33-24-16-10-13-20(26(24)29(2)3)22-17-30(19-11-6-5-7-12-19)25(18-32)31(28-22)23-15-9-8-14-21(23)27/h5-16,18,25H,4,17H2,1-3H3. The Hall–Kier alpha value is -3.32. The van der Waals surface area contributed by atoms with Crippen molar-refractivity contribution < 1.29 is 9.53 Å². The average Bonchev–Trinajstić information content (AvgIpc) is 2.84. The summed E-state index contributed by atoms with van der Waals surface area (Å²) < 4.78 is 6.79. The molecule has 0 bridgehead atoms. The van der Waals surface area contributed by atoms with Crippen molar-refractivity contribution in [2.45, 2.75) is 13.1 Å². The van der Waals surface area contributed by atoms with Gasteiger partial charge in [0.25, 0.3) is 0 Å². The second kappa shape index (κ2) is 10.1. The van der Waals surface area contributed by atoms with E-state index < -0.39 is 6.17 Å². The number of para-hydroxylation sites is 3. The van der Waals surface area contributed by atoms with Crippen LogP contribution in [0.4, 0.5) is 17.1 Å². The Balaban J connectivity index is 1.92. The molecule has 1 atom stereocenters. The maximum Gasteiger partial charge on any atom is 0.180 e. The number of nitrogens with zero attached hydrogens (tertiary/aromatic N) is 4. The number of halogens is 1. The van der Waals surface area contributed by atoms with Gasteiger partial charge in [0.15, 0.2) is 12.5 Å². The van der Waals surface area contributed by atoms with Crippen molar-refractivity contribution in [2.24, 2.45) is 5.10 Å². The van der Waals surface area contributed by atoms with Gasteiger partial charge >= 0.3 is 0 Å². The number of rotatable bonds is 7. The molecule has 0 N–H and O–H groups in total. The topological polar surface area (TPSA) is 48.4 Å². The van der Waals surface area contributed by atoms with Gasteiger partial charge in [0.1, 0.15) is 5.75 Å². The zero-order valence-corrected chi connectivity index (χ0v) is 20.6. The molecule has 170 valence electrons. The zero-order chi connectivity index (χ0) is 23.4. The molecule has 0 saturated carbocycles. The summed E-state index contributed by atoms with van der Waals surface area (Å²) >= 11 is 3.64.